The van der Waals surface area contributed by atoms with Crippen molar-refractivity contribution in [3.8, 4) is 11.4 Å². The van der Waals surface area contributed by atoms with Crippen LogP contribution in [0.15, 0.2) is 28.8 Å². The van der Waals surface area contributed by atoms with Gasteiger partial charge in [0.15, 0.2) is 0 Å². The standard InChI is InChI=1S/C19H20F3N3O2/c1-18(2)10-25(14-5-3-4-13(14)18)16(26)12-8-6-11(7-9-12)15-23-17(27-24-15)19(20,21)22/h6-9,13-14H,3-5,10H2,1-2H3/t13-,14+/m1/s1. The number of aromatic nitrogens is 2. The van der Waals surface area contributed by atoms with E-state index in [0.717, 1.165) is 25.8 Å². The second-order valence-corrected chi connectivity index (χ2v) is 8.02. The Kier molecular flexibility index (Phi) is 4.05. The molecule has 1 aromatic heterocycles. The molecule has 1 saturated heterocycles. The molecule has 0 bridgehead atoms. The molecule has 1 amide bonds. The Morgan fingerprint density at radius 2 is 1.93 bits per heavy atom. The molecule has 0 unspecified atom stereocenters. The second-order valence-electron chi connectivity index (χ2n) is 8.02. The van der Waals surface area contributed by atoms with Crippen LogP contribution in [0, 0.1) is 11.3 Å². The van der Waals surface area contributed by atoms with Gasteiger partial charge in [-0.25, -0.2) is 0 Å². The average molecular weight is 379 g/mol. The molecule has 2 atom stereocenters. The monoisotopic (exact) mass is 379 g/mol. The number of halogens is 3. The van der Waals surface area contributed by atoms with Gasteiger partial charge in [-0.1, -0.05) is 37.6 Å². The Bertz CT molecular complexity index is 858. The summed E-state index contributed by atoms with van der Waals surface area (Å²) in [6, 6.07) is 6.59. The molecule has 5 nitrogen and oxygen atoms in total. The largest absolute Gasteiger partial charge is 0.471 e. The van der Waals surface area contributed by atoms with Crippen LogP contribution in [0.1, 0.15) is 49.4 Å². The van der Waals surface area contributed by atoms with E-state index >= 15 is 0 Å². The van der Waals surface area contributed by atoms with E-state index in [1.165, 1.54) is 0 Å². The topological polar surface area (TPSA) is 59.2 Å². The molecule has 1 aliphatic heterocycles. The molecule has 1 aromatic carbocycles. The zero-order valence-corrected chi connectivity index (χ0v) is 15.1. The third-order valence-electron chi connectivity index (χ3n) is 5.78. The first-order valence-corrected chi connectivity index (χ1v) is 8.99. The van der Waals surface area contributed by atoms with E-state index in [4.69, 9.17) is 0 Å². The smallest absolute Gasteiger partial charge is 0.335 e. The van der Waals surface area contributed by atoms with Crippen molar-refractivity contribution in [3.63, 3.8) is 0 Å². The Hall–Kier alpha value is -2.38. The molecule has 0 N–H and O–H groups in total. The summed E-state index contributed by atoms with van der Waals surface area (Å²) in [5.41, 5.74) is 0.989. The van der Waals surface area contributed by atoms with E-state index in [1.807, 2.05) is 4.90 Å². The SMILES string of the molecule is CC1(C)CN(C(=O)c2ccc(-c3noc(C(F)(F)F)n3)cc2)[C@H]2CCC[C@H]21. The molecule has 27 heavy (non-hydrogen) atoms. The van der Waals surface area contributed by atoms with Crippen molar-refractivity contribution >= 4 is 5.91 Å². The Balaban J connectivity index is 1.54. The number of carbonyl (C=O) groups is 1. The minimum Gasteiger partial charge on any atom is -0.335 e. The highest BCUT2D eigenvalue weighted by Crippen LogP contribution is 2.48. The lowest BCUT2D eigenvalue weighted by Crippen LogP contribution is -2.36. The number of amides is 1. The summed E-state index contributed by atoms with van der Waals surface area (Å²) in [5.74, 6) is -1.04. The van der Waals surface area contributed by atoms with Crippen molar-refractivity contribution in [2.75, 3.05) is 6.54 Å². The van der Waals surface area contributed by atoms with Crippen LogP contribution in [-0.2, 0) is 6.18 Å². The molecule has 1 saturated carbocycles. The lowest BCUT2D eigenvalue weighted by atomic mass is 9.80. The van der Waals surface area contributed by atoms with Gasteiger partial charge in [0.1, 0.15) is 0 Å². The first-order chi connectivity index (χ1) is 12.7. The van der Waals surface area contributed by atoms with Gasteiger partial charge >= 0.3 is 12.1 Å². The second kappa shape index (κ2) is 6.07. The van der Waals surface area contributed by atoms with Gasteiger partial charge in [-0.05, 0) is 36.3 Å². The summed E-state index contributed by atoms with van der Waals surface area (Å²) in [6.07, 6.45) is -1.36. The van der Waals surface area contributed by atoms with Crippen LogP contribution < -0.4 is 0 Å². The summed E-state index contributed by atoms with van der Waals surface area (Å²) < 4.78 is 42.0. The molecule has 4 rings (SSSR count). The lowest BCUT2D eigenvalue weighted by Gasteiger charge is -2.24. The molecule has 0 spiro atoms. The average Bonchev–Trinajstić information content (AvgIpc) is 3.31. The Morgan fingerprint density at radius 3 is 2.56 bits per heavy atom. The third-order valence-corrected chi connectivity index (χ3v) is 5.78. The number of hydrogen-bond donors (Lipinski definition) is 0. The van der Waals surface area contributed by atoms with Crippen LogP contribution in [0.2, 0.25) is 0 Å². The van der Waals surface area contributed by atoms with Gasteiger partial charge < -0.3 is 9.42 Å². The van der Waals surface area contributed by atoms with Gasteiger partial charge in [0.05, 0.1) is 0 Å². The van der Waals surface area contributed by atoms with Gasteiger partial charge in [-0.15, -0.1) is 0 Å². The zero-order valence-electron chi connectivity index (χ0n) is 15.1. The van der Waals surface area contributed by atoms with E-state index in [2.05, 4.69) is 28.5 Å². The number of alkyl halides is 3. The third kappa shape index (κ3) is 3.11. The molecule has 144 valence electrons. The van der Waals surface area contributed by atoms with Crippen LogP contribution in [0.5, 0.6) is 0 Å². The summed E-state index contributed by atoms with van der Waals surface area (Å²) in [5, 5.41) is 3.37. The minimum absolute atomic E-state index is 0.0342. The molecule has 0 radical (unpaired) electrons. The van der Waals surface area contributed by atoms with E-state index in [0.29, 0.717) is 17.0 Å². The van der Waals surface area contributed by atoms with Crippen molar-refractivity contribution < 1.29 is 22.5 Å². The highest BCUT2D eigenvalue weighted by molar-refractivity contribution is 5.95. The van der Waals surface area contributed by atoms with Crippen LogP contribution in [0.25, 0.3) is 11.4 Å². The van der Waals surface area contributed by atoms with Crippen LogP contribution in [-0.4, -0.2) is 33.5 Å². The summed E-state index contributed by atoms with van der Waals surface area (Å²) in [6.45, 7) is 5.14. The highest BCUT2D eigenvalue weighted by Gasteiger charge is 2.50. The van der Waals surface area contributed by atoms with E-state index in [9.17, 15) is 18.0 Å². The molecular formula is C19H20F3N3O2. The predicted octanol–water partition coefficient (Wildman–Crippen LogP) is 4.41. The van der Waals surface area contributed by atoms with Crippen molar-refractivity contribution in [1.29, 1.82) is 0 Å². The first kappa shape index (κ1) is 18.0. The fraction of sp³-hybridized carbons (Fsp3) is 0.526. The fourth-order valence-electron chi connectivity index (χ4n) is 4.50. The number of hydrogen-bond acceptors (Lipinski definition) is 4. The lowest BCUT2D eigenvalue weighted by molar-refractivity contribution is -0.159. The van der Waals surface area contributed by atoms with E-state index in [1.54, 1.807) is 24.3 Å². The molecule has 2 aliphatic rings. The van der Waals surface area contributed by atoms with Gasteiger partial charge in [0.25, 0.3) is 5.91 Å². The minimum atomic E-state index is -4.68. The number of nitrogens with zero attached hydrogens (tertiary/aromatic N) is 3. The van der Waals surface area contributed by atoms with E-state index < -0.39 is 12.1 Å². The van der Waals surface area contributed by atoms with Crippen LogP contribution in [0.4, 0.5) is 13.2 Å². The number of fused-ring (bicyclic) bond motifs is 1. The fourth-order valence-corrected chi connectivity index (χ4v) is 4.50. The van der Waals surface area contributed by atoms with Crippen LogP contribution in [0.3, 0.4) is 0 Å². The van der Waals surface area contributed by atoms with Crippen molar-refractivity contribution in [2.45, 2.75) is 45.3 Å². The van der Waals surface area contributed by atoms with Gasteiger partial charge in [0.2, 0.25) is 5.82 Å². The van der Waals surface area contributed by atoms with Crippen molar-refractivity contribution in [1.82, 2.24) is 15.0 Å². The molecule has 1 aliphatic carbocycles. The highest BCUT2D eigenvalue weighted by atomic mass is 19.4. The summed E-state index contributed by atoms with van der Waals surface area (Å²) in [4.78, 5) is 18.3. The molecule has 2 fully saturated rings. The summed E-state index contributed by atoms with van der Waals surface area (Å²) >= 11 is 0. The maximum absolute atomic E-state index is 13.0. The van der Waals surface area contributed by atoms with Crippen LogP contribution >= 0.6 is 0 Å². The maximum Gasteiger partial charge on any atom is 0.471 e. The maximum atomic E-state index is 13.0. The first-order valence-electron chi connectivity index (χ1n) is 8.99. The zero-order chi connectivity index (χ0) is 19.4. The van der Waals surface area contributed by atoms with E-state index in [-0.39, 0.29) is 23.2 Å². The summed E-state index contributed by atoms with van der Waals surface area (Å²) in [7, 11) is 0. The number of carbonyl (C=O) groups excluding carboxylic acids is 1. The van der Waals surface area contributed by atoms with Crippen molar-refractivity contribution in [3.05, 3.63) is 35.7 Å². The van der Waals surface area contributed by atoms with Gasteiger partial charge in [-0.3, -0.25) is 4.79 Å². The molecule has 8 heteroatoms. The number of likely N-dealkylation sites (tertiary alicyclic amines) is 1. The predicted molar refractivity (Wildman–Crippen MR) is 90.7 cm³/mol. The normalized spacial score (nSPS) is 24.3. The Labute approximate surface area is 154 Å². The molecule has 2 aromatic rings. The molecule has 2 heterocycles. The van der Waals surface area contributed by atoms with Gasteiger partial charge in [0, 0.05) is 23.7 Å². The molecular weight excluding hydrogens is 359 g/mol. The van der Waals surface area contributed by atoms with Gasteiger partial charge in [-0.2, -0.15) is 18.2 Å². The quantitative estimate of drug-likeness (QED) is 0.776. The number of benzene rings is 1. The van der Waals surface area contributed by atoms with Crippen molar-refractivity contribution in [2.24, 2.45) is 11.3 Å². The Morgan fingerprint density at radius 1 is 1.22 bits per heavy atom. The number of rotatable bonds is 2.